The molecule has 2 unspecified atom stereocenters. The first-order valence-corrected chi connectivity index (χ1v) is 14.9. The molecule has 216 valence electrons. The molecule has 3 aliphatic heterocycles. The zero-order valence-corrected chi connectivity index (χ0v) is 25.1. The second-order valence-electron chi connectivity index (χ2n) is 12.1. The van der Waals surface area contributed by atoms with Crippen LogP contribution in [0.1, 0.15) is 42.0 Å². The lowest BCUT2D eigenvalue weighted by Crippen LogP contribution is -2.61. The molecule has 0 aromatic heterocycles. The average Bonchev–Trinajstić information content (AvgIpc) is 3.38. The summed E-state index contributed by atoms with van der Waals surface area (Å²) in [5.74, 6) is -0.236. The second kappa shape index (κ2) is 11.0. The third-order valence-corrected chi connectivity index (χ3v) is 9.35. The van der Waals surface area contributed by atoms with Gasteiger partial charge in [0.05, 0.1) is 16.9 Å². The fraction of sp³-hybridized carbons (Fsp3) is 0.297. The van der Waals surface area contributed by atoms with Gasteiger partial charge < -0.3 is 20.4 Å². The standard InChI is InChI=1S/C37H41FN4/c1-7-30-35-31(19-33(38)36(30)42-22-34-37(23-42,39-6)16-9-17-40-34)26(5)32(24(2)3)21-41(35)20-27-12-14-28(15-13-27)29-11-8-10-25(4)18-29/h7-8,10-15,18-19,21,34,39-40H,1-2,5,9,16-17,20,22-23H2,3-4,6H3. The first kappa shape index (κ1) is 28.2. The fourth-order valence-corrected chi connectivity index (χ4v) is 7.12. The maximum atomic E-state index is 16.2. The summed E-state index contributed by atoms with van der Waals surface area (Å²) < 4.78 is 16.2. The van der Waals surface area contributed by atoms with Crippen molar-refractivity contribution in [1.82, 2.24) is 10.6 Å². The van der Waals surface area contributed by atoms with Crippen LogP contribution in [0.3, 0.4) is 0 Å². The van der Waals surface area contributed by atoms with Crippen LogP contribution in [0.15, 0.2) is 91.7 Å². The van der Waals surface area contributed by atoms with Crippen molar-refractivity contribution < 1.29 is 4.39 Å². The molecule has 4 nitrogen and oxygen atoms in total. The smallest absolute Gasteiger partial charge is 0.147 e. The van der Waals surface area contributed by atoms with Crippen LogP contribution < -0.4 is 20.4 Å². The van der Waals surface area contributed by atoms with Crippen molar-refractivity contribution in [1.29, 1.82) is 0 Å². The predicted molar refractivity (Wildman–Crippen MR) is 176 cm³/mol. The highest BCUT2D eigenvalue weighted by atomic mass is 19.1. The number of allylic oxidation sites excluding steroid dienone is 3. The van der Waals surface area contributed by atoms with Gasteiger partial charge in [-0.2, -0.15) is 0 Å². The first-order valence-electron chi connectivity index (χ1n) is 14.9. The Morgan fingerprint density at radius 2 is 1.93 bits per heavy atom. The number of rotatable bonds is 7. The average molecular weight is 561 g/mol. The molecule has 3 heterocycles. The number of hydrogen-bond acceptors (Lipinski definition) is 4. The molecule has 5 heteroatoms. The Bertz CT molecular complexity index is 1600. The van der Waals surface area contributed by atoms with Crippen LogP contribution in [0, 0.1) is 12.7 Å². The maximum Gasteiger partial charge on any atom is 0.147 e. The summed E-state index contributed by atoms with van der Waals surface area (Å²) in [5.41, 5.74) is 10.5. The number of anilines is 2. The Morgan fingerprint density at radius 3 is 2.60 bits per heavy atom. The van der Waals surface area contributed by atoms with Crippen LogP contribution in [0.5, 0.6) is 0 Å². The highest BCUT2D eigenvalue weighted by molar-refractivity contribution is 5.97. The van der Waals surface area contributed by atoms with E-state index < -0.39 is 0 Å². The van der Waals surface area contributed by atoms with Crippen LogP contribution in [0.2, 0.25) is 0 Å². The van der Waals surface area contributed by atoms with Gasteiger partial charge >= 0.3 is 0 Å². The number of likely N-dealkylation sites (N-methyl/N-ethyl adjacent to an activating group) is 1. The van der Waals surface area contributed by atoms with Crippen molar-refractivity contribution in [3.63, 3.8) is 0 Å². The zero-order chi connectivity index (χ0) is 29.6. The quantitative estimate of drug-likeness (QED) is 0.314. The van der Waals surface area contributed by atoms with Gasteiger partial charge in [0.2, 0.25) is 0 Å². The minimum atomic E-state index is -0.236. The van der Waals surface area contributed by atoms with E-state index in [0.717, 1.165) is 71.6 Å². The number of aryl methyl sites for hydroxylation is 1. The highest BCUT2D eigenvalue weighted by Gasteiger charge is 2.48. The van der Waals surface area contributed by atoms with E-state index in [9.17, 15) is 0 Å². The summed E-state index contributed by atoms with van der Waals surface area (Å²) in [4.78, 5) is 4.44. The van der Waals surface area contributed by atoms with E-state index in [1.54, 1.807) is 6.07 Å². The van der Waals surface area contributed by atoms with Crippen molar-refractivity contribution in [3.05, 3.63) is 120 Å². The lowest BCUT2D eigenvalue weighted by Gasteiger charge is -2.39. The molecule has 6 rings (SSSR count). The molecule has 3 aromatic carbocycles. The molecule has 3 aromatic rings. The molecule has 0 spiro atoms. The van der Waals surface area contributed by atoms with E-state index >= 15 is 4.39 Å². The van der Waals surface area contributed by atoms with Gasteiger partial charge in [-0.05, 0) is 74.2 Å². The molecule has 0 bridgehead atoms. The highest BCUT2D eigenvalue weighted by Crippen LogP contribution is 2.47. The van der Waals surface area contributed by atoms with Crippen LogP contribution in [-0.4, -0.2) is 38.3 Å². The van der Waals surface area contributed by atoms with Crippen molar-refractivity contribution in [3.8, 4) is 11.1 Å². The number of halogens is 1. The summed E-state index contributed by atoms with van der Waals surface area (Å²) in [7, 11) is 2.03. The molecule has 42 heavy (non-hydrogen) atoms. The van der Waals surface area contributed by atoms with Gasteiger partial charge in [0.15, 0.2) is 0 Å². The number of fused-ring (bicyclic) bond motifs is 2. The second-order valence-corrected chi connectivity index (χ2v) is 12.1. The Hall–Kier alpha value is -3.93. The van der Waals surface area contributed by atoms with Crippen molar-refractivity contribution in [2.75, 3.05) is 36.5 Å². The van der Waals surface area contributed by atoms with Crippen molar-refractivity contribution in [2.45, 2.75) is 44.8 Å². The molecule has 2 N–H and O–H groups in total. The summed E-state index contributed by atoms with van der Waals surface area (Å²) in [5, 5.41) is 7.27. The van der Waals surface area contributed by atoms with Gasteiger partial charge in [-0.25, -0.2) is 4.39 Å². The number of hydrogen-bond donors (Lipinski definition) is 2. The number of benzene rings is 3. The van der Waals surface area contributed by atoms with E-state index in [2.05, 4.69) is 102 Å². The van der Waals surface area contributed by atoms with Crippen LogP contribution in [0.25, 0.3) is 22.8 Å². The van der Waals surface area contributed by atoms with Gasteiger partial charge in [-0.3, -0.25) is 0 Å². The van der Waals surface area contributed by atoms with Gasteiger partial charge in [0.1, 0.15) is 5.82 Å². The summed E-state index contributed by atoms with van der Waals surface area (Å²) in [6.45, 7) is 20.0. The largest absolute Gasteiger partial charge is 0.365 e. The van der Waals surface area contributed by atoms with Crippen LogP contribution in [-0.2, 0) is 6.54 Å². The number of piperidine rings is 1. The van der Waals surface area contributed by atoms with E-state index in [1.165, 1.54) is 16.7 Å². The molecule has 2 fully saturated rings. The molecule has 3 aliphatic rings. The van der Waals surface area contributed by atoms with Gasteiger partial charge in [0, 0.05) is 48.6 Å². The maximum absolute atomic E-state index is 16.2. The Labute approximate surface area is 249 Å². The zero-order valence-electron chi connectivity index (χ0n) is 25.1. The molecule has 0 aliphatic carbocycles. The normalized spacial score (nSPS) is 21.6. The molecular formula is C37H41FN4. The van der Waals surface area contributed by atoms with E-state index in [4.69, 9.17) is 0 Å². The fourth-order valence-electron chi connectivity index (χ4n) is 7.12. The summed E-state index contributed by atoms with van der Waals surface area (Å²) in [6.07, 6.45) is 6.12. The molecular weight excluding hydrogens is 519 g/mol. The van der Waals surface area contributed by atoms with E-state index in [-0.39, 0.29) is 17.4 Å². The minimum absolute atomic E-state index is 0.0750. The van der Waals surface area contributed by atoms with Crippen molar-refractivity contribution in [2.24, 2.45) is 0 Å². The molecule has 0 radical (unpaired) electrons. The minimum Gasteiger partial charge on any atom is -0.365 e. The van der Waals surface area contributed by atoms with Gasteiger partial charge in [0.25, 0.3) is 0 Å². The topological polar surface area (TPSA) is 30.5 Å². The lowest BCUT2D eigenvalue weighted by atomic mass is 9.85. The van der Waals surface area contributed by atoms with Gasteiger partial charge in [-0.15, -0.1) is 0 Å². The van der Waals surface area contributed by atoms with E-state index in [1.807, 2.05) is 20.0 Å². The van der Waals surface area contributed by atoms with Crippen LogP contribution >= 0.6 is 0 Å². The lowest BCUT2D eigenvalue weighted by molar-refractivity contribution is 0.240. The number of nitrogens with one attached hydrogen (secondary N) is 2. The van der Waals surface area contributed by atoms with Crippen molar-refractivity contribution >= 4 is 23.0 Å². The predicted octanol–water partition coefficient (Wildman–Crippen LogP) is 7.47. The molecule has 0 saturated carbocycles. The Kier molecular flexibility index (Phi) is 7.42. The Morgan fingerprint density at radius 1 is 1.14 bits per heavy atom. The summed E-state index contributed by atoms with van der Waals surface area (Å²) in [6, 6.07) is 19.2. The SMILES string of the molecule is C=Cc1c2c(cc(F)c1N1CC3NCCCC3(NC)C1)C(=C)C(C(=C)C)=CN2Cc1ccc(-c2cccc(C)c2)cc1. The van der Waals surface area contributed by atoms with Crippen LogP contribution in [0.4, 0.5) is 15.8 Å². The molecule has 2 atom stereocenters. The van der Waals surface area contributed by atoms with E-state index in [0.29, 0.717) is 12.2 Å². The third-order valence-electron chi connectivity index (χ3n) is 9.35. The first-order chi connectivity index (χ1) is 20.2. The van der Waals surface area contributed by atoms with Gasteiger partial charge in [-0.1, -0.05) is 79.9 Å². The molecule has 2 saturated heterocycles. The monoisotopic (exact) mass is 560 g/mol. The number of nitrogens with zero attached hydrogens (tertiary/aromatic N) is 2. The third kappa shape index (κ3) is 4.81. The summed E-state index contributed by atoms with van der Waals surface area (Å²) >= 11 is 0. The Balaban J connectivity index is 1.41. The molecule has 0 amide bonds.